The van der Waals surface area contributed by atoms with Crippen molar-refractivity contribution in [2.24, 2.45) is 5.73 Å². The molecular weight excluding hydrogens is 200 g/mol. The molecule has 0 saturated carbocycles. The van der Waals surface area contributed by atoms with Crippen LogP contribution in [0.15, 0.2) is 29.2 Å². The SMILES string of the molecule is COC(=O)c1ccc(SC(=N)N)cc1. The number of thioether (sulfide) groups is 1. The summed E-state index contributed by atoms with van der Waals surface area (Å²) in [6, 6.07) is 6.71. The topological polar surface area (TPSA) is 76.2 Å². The molecule has 1 aromatic rings. The van der Waals surface area contributed by atoms with Gasteiger partial charge in [0, 0.05) is 4.90 Å². The molecule has 0 saturated heterocycles. The van der Waals surface area contributed by atoms with E-state index >= 15 is 0 Å². The lowest BCUT2D eigenvalue weighted by Gasteiger charge is -2.01. The number of hydrogen-bond donors (Lipinski definition) is 2. The average Bonchev–Trinajstić information content (AvgIpc) is 2.17. The molecule has 0 atom stereocenters. The summed E-state index contributed by atoms with van der Waals surface area (Å²) >= 11 is 1.14. The first-order valence-corrected chi connectivity index (χ1v) is 4.65. The van der Waals surface area contributed by atoms with Crippen LogP contribution in [0.1, 0.15) is 10.4 Å². The summed E-state index contributed by atoms with van der Waals surface area (Å²) in [7, 11) is 1.33. The Kier molecular flexibility index (Phi) is 3.53. The highest BCUT2D eigenvalue weighted by atomic mass is 32.2. The summed E-state index contributed by atoms with van der Waals surface area (Å²) in [5.74, 6) is -0.371. The van der Waals surface area contributed by atoms with Crippen LogP contribution in [0.4, 0.5) is 0 Å². The highest BCUT2D eigenvalue weighted by Crippen LogP contribution is 2.17. The molecule has 0 aliphatic rings. The fourth-order valence-corrected chi connectivity index (χ4v) is 1.43. The summed E-state index contributed by atoms with van der Waals surface area (Å²) in [5, 5.41) is 7.08. The molecule has 4 nitrogen and oxygen atoms in total. The molecule has 0 aromatic heterocycles. The summed E-state index contributed by atoms with van der Waals surface area (Å²) in [5.41, 5.74) is 5.69. The Morgan fingerprint density at radius 1 is 1.43 bits per heavy atom. The molecule has 0 radical (unpaired) electrons. The van der Waals surface area contributed by atoms with Crippen LogP contribution < -0.4 is 5.73 Å². The Bertz CT molecular complexity index is 348. The predicted molar refractivity (Wildman–Crippen MR) is 55.6 cm³/mol. The number of benzene rings is 1. The van der Waals surface area contributed by atoms with Gasteiger partial charge in [-0.25, -0.2) is 4.79 Å². The maximum Gasteiger partial charge on any atom is 0.337 e. The molecule has 74 valence electrons. The van der Waals surface area contributed by atoms with E-state index < -0.39 is 0 Å². The minimum atomic E-state index is -0.371. The lowest BCUT2D eigenvalue weighted by atomic mass is 10.2. The van der Waals surface area contributed by atoms with E-state index in [1.165, 1.54) is 7.11 Å². The van der Waals surface area contributed by atoms with E-state index in [0.717, 1.165) is 16.7 Å². The fourth-order valence-electron chi connectivity index (χ4n) is 0.904. The van der Waals surface area contributed by atoms with E-state index in [1.807, 2.05) is 0 Å². The third-order valence-electron chi connectivity index (χ3n) is 1.50. The summed E-state index contributed by atoms with van der Waals surface area (Å²) in [6.45, 7) is 0. The third kappa shape index (κ3) is 2.77. The normalized spacial score (nSPS) is 9.50. The van der Waals surface area contributed by atoms with Gasteiger partial charge in [0.15, 0.2) is 5.17 Å². The van der Waals surface area contributed by atoms with Crippen molar-refractivity contribution >= 4 is 22.9 Å². The summed E-state index contributed by atoms with van der Waals surface area (Å²) in [4.78, 5) is 11.9. The number of esters is 1. The molecule has 0 aliphatic heterocycles. The number of methoxy groups -OCH3 is 1. The molecule has 0 bridgehead atoms. The first kappa shape index (κ1) is 10.6. The number of nitrogens with one attached hydrogen (secondary N) is 1. The Balaban J connectivity index is 2.78. The Morgan fingerprint density at radius 2 is 2.00 bits per heavy atom. The van der Waals surface area contributed by atoms with Crippen LogP contribution >= 0.6 is 11.8 Å². The molecule has 0 heterocycles. The maximum atomic E-state index is 11.1. The van der Waals surface area contributed by atoms with Crippen molar-refractivity contribution in [2.45, 2.75) is 4.90 Å². The van der Waals surface area contributed by atoms with Gasteiger partial charge in [-0.2, -0.15) is 0 Å². The van der Waals surface area contributed by atoms with Crippen LogP contribution in [0, 0.1) is 5.41 Å². The fraction of sp³-hybridized carbons (Fsp3) is 0.111. The van der Waals surface area contributed by atoms with Crippen molar-refractivity contribution in [1.29, 1.82) is 5.41 Å². The largest absolute Gasteiger partial charge is 0.465 e. The first-order chi connectivity index (χ1) is 6.63. The zero-order valence-electron chi connectivity index (χ0n) is 7.61. The molecule has 1 aromatic carbocycles. The number of rotatable bonds is 2. The zero-order chi connectivity index (χ0) is 10.6. The number of nitrogens with two attached hydrogens (primary N) is 1. The van der Waals surface area contributed by atoms with Gasteiger partial charge in [0.1, 0.15) is 0 Å². The van der Waals surface area contributed by atoms with Gasteiger partial charge >= 0.3 is 5.97 Å². The summed E-state index contributed by atoms with van der Waals surface area (Å²) in [6.07, 6.45) is 0. The van der Waals surface area contributed by atoms with Gasteiger partial charge < -0.3 is 10.5 Å². The van der Waals surface area contributed by atoms with Crippen LogP contribution in [0.3, 0.4) is 0 Å². The van der Waals surface area contributed by atoms with Gasteiger partial charge in [0.05, 0.1) is 12.7 Å². The molecule has 5 heteroatoms. The van der Waals surface area contributed by atoms with E-state index in [0.29, 0.717) is 5.56 Å². The van der Waals surface area contributed by atoms with Gasteiger partial charge in [-0.3, -0.25) is 5.41 Å². The lowest BCUT2D eigenvalue weighted by molar-refractivity contribution is 0.0600. The molecule has 0 fully saturated rings. The number of ether oxygens (including phenoxy) is 1. The summed E-state index contributed by atoms with van der Waals surface area (Å²) < 4.78 is 4.54. The van der Waals surface area contributed by atoms with E-state index in [2.05, 4.69) is 4.74 Å². The number of carbonyl (C=O) groups excluding carboxylic acids is 1. The van der Waals surface area contributed by atoms with Crippen LogP contribution in [0.2, 0.25) is 0 Å². The quantitative estimate of drug-likeness (QED) is 0.335. The van der Waals surface area contributed by atoms with E-state index in [1.54, 1.807) is 24.3 Å². The second-order valence-electron chi connectivity index (χ2n) is 2.48. The van der Waals surface area contributed by atoms with Crippen molar-refractivity contribution < 1.29 is 9.53 Å². The molecule has 1 rings (SSSR count). The number of carbonyl (C=O) groups is 1. The highest BCUT2D eigenvalue weighted by Gasteiger charge is 2.04. The van der Waals surface area contributed by atoms with Gasteiger partial charge in [-0.1, -0.05) is 11.8 Å². The Hall–Kier alpha value is -1.49. The van der Waals surface area contributed by atoms with E-state index in [-0.39, 0.29) is 11.1 Å². The van der Waals surface area contributed by atoms with Crippen molar-refractivity contribution in [2.75, 3.05) is 7.11 Å². The van der Waals surface area contributed by atoms with Gasteiger partial charge in [0.25, 0.3) is 0 Å². The van der Waals surface area contributed by atoms with Crippen LogP contribution in [0.5, 0.6) is 0 Å². The van der Waals surface area contributed by atoms with Gasteiger partial charge in [0.2, 0.25) is 0 Å². The third-order valence-corrected chi connectivity index (χ3v) is 2.23. The average molecular weight is 210 g/mol. The minimum absolute atomic E-state index is 0.0239. The van der Waals surface area contributed by atoms with Gasteiger partial charge in [-0.15, -0.1) is 0 Å². The molecule has 0 aliphatic carbocycles. The predicted octanol–water partition coefficient (Wildman–Crippen LogP) is 1.46. The molecule has 14 heavy (non-hydrogen) atoms. The Morgan fingerprint density at radius 3 is 2.43 bits per heavy atom. The second-order valence-corrected chi connectivity index (χ2v) is 3.60. The van der Waals surface area contributed by atoms with Crippen molar-refractivity contribution in [3.05, 3.63) is 29.8 Å². The number of hydrogen-bond acceptors (Lipinski definition) is 4. The van der Waals surface area contributed by atoms with E-state index in [4.69, 9.17) is 11.1 Å². The lowest BCUT2D eigenvalue weighted by Crippen LogP contribution is -2.03. The molecule has 3 N–H and O–H groups in total. The standard InChI is InChI=1S/C9H10N2O2S/c1-13-8(12)6-2-4-7(5-3-6)14-9(10)11/h2-5H,1H3,(H3,10,11). The number of amidine groups is 1. The molecule has 0 spiro atoms. The highest BCUT2D eigenvalue weighted by molar-refractivity contribution is 8.13. The first-order valence-electron chi connectivity index (χ1n) is 3.83. The van der Waals surface area contributed by atoms with Crippen LogP contribution in [-0.2, 0) is 4.74 Å². The van der Waals surface area contributed by atoms with E-state index in [9.17, 15) is 4.79 Å². The molecular formula is C9H10N2O2S. The maximum absolute atomic E-state index is 11.1. The second kappa shape index (κ2) is 4.66. The zero-order valence-corrected chi connectivity index (χ0v) is 8.43. The van der Waals surface area contributed by atoms with Crippen molar-refractivity contribution in [3.63, 3.8) is 0 Å². The van der Waals surface area contributed by atoms with Crippen LogP contribution in [0.25, 0.3) is 0 Å². The molecule has 0 amide bonds. The van der Waals surface area contributed by atoms with Crippen molar-refractivity contribution in [3.8, 4) is 0 Å². The minimum Gasteiger partial charge on any atom is -0.465 e. The van der Waals surface area contributed by atoms with Gasteiger partial charge in [-0.05, 0) is 24.3 Å². The monoisotopic (exact) mass is 210 g/mol. The molecule has 0 unspecified atom stereocenters. The van der Waals surface area contributed by atoms with Crippen LogP contribution in [-0.4, -0.2) is 18.2 Å². The van der Waals surface area contributed by atoms with Crippen molar-refractivity contribution in [1.82, 2.24) is 0 Å². The smallest absolute Gasteiger partial charge is 0.337 e. The Labute approximate surface area is 85.9 Å².